The molecule has 0 bridgehead atoms. The molecule has 2 atom stereocenters. The Bertz CT molecular complexity index is 904. The fourth-order valence-electron chi connectivity index (χ4n) is 3.91. The van der Waals surface area contributed by atoms with Crippen molar-refractivity contribution < 1.29 is 23.3 Å². The highest BCUT2D eigenvalue weighted by Gasteiger charge is 2.15. The summed E-state index contributed by atoms with van der Waals surface area (Å²) in [6.07, 6.45) is -1.09. The molecular weight excluding hydrogens is 469 g/mol. The Hall–Kier alpha value is -2.61. The third-order valence-corrected chi connectivity index (χ3v) is 5.72. The molecule has 2 unspecified atom stereocenters. The number of rotatable bonds is 19. The van der Waals surface area contributed by atoms with Crippen LogP contribution in [0.4, 0.5) is 4.39 Å². The molecule has 0 N–H and O–H groups in total. The van der Waals surface area contributed by atoms with Gasteiger partial charge in [0.15, 0.2) is 0 Å². The molecule has 3 aromatic carbocycles. The predicted molar refractivity (Wildman–Crippen MR) is 145 cm³/mol. The van der Waals surface area contributed by atoms with Crippen molar-refractivity contribution in [3.8, 4) is 0 Å². The van der Waals surface area contributed by atoms with E-state index in [9.17, 15) is 4.39 Å². The minimum atomic E-state index is -1.08. The molecular formula is C31H40FNO4. The van der Waals surface area contributed by atoms with E-state index < -0.39 is 6.17 Å². The molecule has 37 heavy (non-hydrogen) atoms. The lowest BCUT2D eigenvalue weighted by molar-refractivity contribution is -0.0420. The molecule has 0 radical (unpaired) electrons. The molecule has 0 aromatic heterocycles. The third-order valence-electron chi connectivity index (χ3n) is 5.72. The molecule has 0 spiro atoms. The number of alkyl halides is 1. The molecule has 0 aliphatic rings. The van der Waals surface area contributed by atoms with Gasteiger partial charge in [0.2, 0.25) is 0 Å². The summed E-state index contributed by atoms with van der Waals surface area (Å²) < 4.78 is 37.2. The van der Waals surface area contributed by atoms with Gasteiger partial charge in [0.1, 0.15) is 6.17 Å². The SMILES string of the molecule is CC(COCc1ccccc1)OCCOCCOCC(F)CN(Cc1ccccc1)Cc1ccccc1. The Balaban J connectivity index is 1.23. The second-order valence-electron chi connectivity index (χ2n) is 9.11. The Morgan fingerprint density at radius 2 is 1.14 bits per heavy atom. The summed E-state index contributed by atoms with van der Waals surface area (Å²) >= 11 is 0. The molecule has 6 heteroatoms. The van der Waals surface area contributed by atoms with Crippen LogP contribution in [0.3, 0.4) is 0 Å². The number of hydrogen-bond acceptors (Lipinski definition) is 5. The van der Waals surface area contributed by atoms with E-state index in [0.29, 0.717) is 59.3 Å². The third kappa shape index (κ3) is 13.0. The summed E-state index contributed by atoms with van der Waals surface area (Å²) in [5, 5.41) is 0. The lowest BCUT2D eigenvalue weighted by Crippen LogP contribution is -2.32. The highest BCUT2D eigenvalue weighted by atomic mass is 19.1. The van der Waals surface area contributed by atoms with Crippen LogP contribution in [-0.4, -0.2) is 63.4 Å². The molecule has 0 aliphatic carbocycles. The van der Waals surface area contributed by atoms with Gasteiger partial charge in [-0.2, -0.15) is 0 Å². The molecule has 200 valence electrons. The first kappa shape index (κ1) is 29.0. The van der Waals surface area contributed by atoms with Crippen LogP contribution in [0, 0.1) is 0 Å². The van der Waals surface area contributed by atoms with Crippen molar-refractivity contribution in [2.45, 2.75) is 38.9 Å². The fourth-order valence-corrected chi connectivity index (χ4v) is 3.91. The smallest absolute Gasteiger partial charge is 0.136 e. The first-order valence-corrected chi connectivity index (χ1v) is 13.0. The van der Waals surface area contributed by atoms with Crippen LogP contribution >= 0.6 is 0 Å². The number of halogens is 1. The van der Waals surface area contributed by atoms with Gasteiger partial charge in [-0.3, -0.25) is 4.90 Å². The van der Waals surface area contributed by atoms with Crippen LogP contribution in [-0.2, 0) is 38.6 Å². The maximum absolute atomic E-state index is 14.7. The van der Waals surface area contributed by atoms with E-state index in [1.807, 2.05) is 73.7 Å². The van der Waals surface area contributed by atoms with Gasteiger partial charge in [0.25, 0.3) is 0 Å². The molecule has 0 saturated heterocycles. The zero-order valence-electron chi connectivity index (χ0n) is 21.8. The lowest BCUT2D eigenvalue weighted by atomic mass is 10.1. The second kappa shape index (κ2) is 17.8. The molecule has 3 rings (SSSR count). The molecule has 5 nitrogen and oxygen atoms in total. The monoisotopic (exact) mass is 509 g/mol. The molecule has 3 aromatic rings. The van der Waals surface area contributed by atoms with Crippen LogP contribution < -0.4 is 0 Å². The van der Waals surface area contributed by atoms with E-state index in [0.717, 1.165) is 5.56 Å². The normalized spacial score (nSPS) is 13.1. The first-order chi connectivity index (χ1) is 18.2. The van der Waals surface area contributed by atoms with Crippen molar-refractivity contribution in [1.29, 1.82) is 0 Å². The zero-order chi connectivity index (χ0) is 26.0. The second-order valence-corrected chi connectivity index (χ2v) is 9.11. The maximum atomic E-state index is 14.7. The minimum Gasteiger partial charge on any atom is -0.377 e. The van der Waals surface area contributed by atoms with E-state index >= 15 is 0 Å². The molecule has 0 fully saturated rings. The highest BCUT2D eigenvalue weighted by molar-refractivity contribution is 5.17. The number of benzene rings is 3. The van der Waals surface area contributed by atoms with E-state index in [4.69, 9.17) is 18.9 Å². The van der Waals surface area contributed by atoms with Gasteiger partial charge in [-0.05, 0) is 23.6 Å². The van der Waals surface area contributed by atoms with Gasteiger partial charge < -0.3 is 18.9 Å². The van der Waals surface area contributed by atoms with Crippen molar-refractivity contribution >= 4 is 0 Å². The van der Waals surface area contributed by atoms with Crippen molar-refractivity contribution in [1.82, 2.24) is 4.90 Å². The van der Waals surface area contributed by atoms with Crippen LogP contribution in [0.1, 0.15) is 23.6 Å². The maximum Gasteiger partial charge on any atom is 0.136 e. The van der Waals surface area contributed by atoms with E-state index in [1.165, 1.54) is 11.1 Å². The van der Waals surface area contributed by atoms with Gasteiger partial charge in [0, 0.05) is 19.6 Å². The Kier molecular flexibility index (Phi) is 13.9. The van der Waals surface area contributed by atoms with Crippen molar-refractivity contribution in [3.63, 3.8) is 0 Å². The van der Waals surface area contributed by atoms with Gasteiger partial charge in [-0.1, -0.05) is 91.0 Å². The summed E-state index contributed by atoms with van der Waals surface area (Å²) in [5.74, 6) is 0. The van der Waals surface area contributed by atoms with Crippen LogP contribution in [0.25, 0.3) is 0 Å². The molecule has 0 saturated carbocycles. The largest absolute Gasteiger partial charge is 0.377 e. The summed E-state index contributed by atoms with van der Waals surface area (Å²) in [7, 11) is 0. The van der Waals surface area contributed by atoms with Crippen LogP contribution in [0.5, 0.6) is 0 Å². The predicted octanol–water partition coefficient (Wildman–Crippen LogP) is 5.68. The average Bonchev–Trinajstić information content (AvgIpc) is 2.92. The average molecular weight is 510 g/mol. The summed E-state index contributed by atoms with van der Waals surface area (Å²) in [5.41, 5.74) is 3.48. The van der Waals surface area contributed by atoms with Gasteiger partial charge in [-0.25, -0.2) is 4.39 Å². The molecule has 0 aliphatic heterocycles. The highest BCUT2D eigenvalue weighted by Crippen LogP contribution is 2.12. The van der Waals surface area contributed by atoms with Crippen molar-refractivity contribution in [3.05, 3.63) is 108 Å². The van der Waals surface area contributed by atoms with Gasteiger partial charge in [-0.15, -0.1) is 0 Å². The Labute approximate surface area is 221 Å². The Morgan fingerprint density at radius 3 is 1.73 bits per heavy atom. The van der Waals surface area contributed by atoms with E-state index in [2.05, 4.69) is 29.2 Å². The van der Waals surface area contributed by atoms with Crippen molar-refractivity contribution in [2.24, 2.45) is 0 Å². The quantitative estimate of drug-likeness (QED) is 0.194. The number of nitrogens with zero attached hydrogens (tertiary/aromatic N) is 1. The standard InChI is InChI=1S/C31H40FNO4/c1-27(24-36-25-30-15-9-4-10-16-30)37-20-19-34-17-18-35-26-31(32)23-33(21-28-11-5-2-6-12-28)22-29-13-7-3-8-14-29/h2-16,27,31H,17-26H2,1H3. The van der Waals surface area contributed by atoms with Crippen LogP contribution in [0.15, 0.2) is 91.0 Å². The summed E-state index contributed by atoms with van der Waals surface area (Å²) in [6, 6.07) is 30.4. The lowest BCUT2D eigenvalue weighted by Gasteiger charge is -2.24. The van der Waals surface area contributed by atoms with Gasteiger partial charge in [0.05, 0.1) is 52.4 Å². The topological polar surface area (TPSA) is 40.2 Å². The number of ether oxygens (including phenoxy) is 4. The molecule has 0 heterocycles. The van der Waals surface area contributed by atoms with Crippen molar-refractivity contribution in [2.75, 3.05) is 46.2 Å². The van der Waals surface area contributed by atoms with Gasteiger partial charge >= 0.3 is 0 Å². The van der Waals surface area contributed by atoms with E-state index in [-0.39, 0.29) is 12.7 Å². The van der Waals surface area contributed by atoms with Crippen LogP contribution in [0.2, 0.25) is 0 Å². The summed E-state index contributed by atoms with van der Waals surface area (Å²) in [6.45, 7) is 6.54. The fraction of sp³-hybridized carbons (Fsp3) is 0.419. The van der Waals surface area contributed by atoms with E-state index in [1.54, 1.807) is 0 Å². The molecule has 0 amide bonds. The zero-order valence-corrected chi connectivity index (χ0v) is 21.8. The minimum absolute atomic E-state index is 0.00873. The Morgan fingerprint density at radius 1 is 0.622 bits per heavy atom. The first-order valence-electron chi connectivity index (χ1n) is 13.0. The summed E-state index contributed by atoms with van der Waals surface area (Å²) in [4.78, 5) is 2.12. The number of hydrogen-bond donors (Lipinski definition) is 0.